The molecule has 0 bridgehead atoms. The molecule has 0 saturated carbocycles. The third-order valence-electron chi connectivity index (χ3n) is 2.67. The molecule has 0 unspecified atom stereocenters. The zero-order valence-corrected chi connectivity index (χ0v) is 9.37. The van der Waals surface area contributed by atoms with Gasteiger partial charge in [0.1, 0.15) is 5.82 Å². The normalized spacial score (nSPS) is 10.8. The van der Waals surface area contributed by atoms with Gasteiger partial charge in [-0.3, -0.25) is 4.68 Å². The molecule has 0 aliphatic heterocycles. The number of nitrogens with zero attached hydrogens (tertiary/aromatic N) is 2. The standard InChI is InChI=1S/C12H14FN3/c1-8-11(7-14)12(16(2)15-8)9-3-5-10(13)6-4-9/h3-6H,7,14H2,1-2H3. The second kappa shape index (κ2) is 4.06. The summed E-state index contributed by atoms with van der Waals surface area (Å²) in [4.78, 5) is 0. The summed E-state index contributed by atoms with van der Waals surface area (Å²) in [6.07, 6.45) is 0. The highest BCUT2D eigenvalue weighted by Gasteiger charge is 2.13. The topological polar surface area (TPSA) is 43.8 Å². The predicted molar refractivity (Wildman–Crippen MR) is 61.2 cm³/mol. The van der Waals surface area contributed by atoms with Crippen molar-refractivity contribution >= 4 is 0 Å². The Kier molecular flexibility index (Phi) is 2.75. The molecule has 3 nitrogen and oxygen atoms in total. The fraction of sp³-hybridized carbons (Fsp3) is 0.250. The van der Waals surface area contributed by atoms with E-state index in [-0.39, 0.29) is 5.82 Å². The summed E-state index contributed by atoms with van der Waals surface area (Å²) >= 11 is 0. The van der Waals surface area contributed by atoms with E-state index in [1.165, 1.54) is 12.1 Å². The Hall–Kier alpha value is -1.68. The van der Waals surface area contributed by atoms with Gasteiger partial charge in [0.25, 0.3) is 0 Å². The first-order valence-corrected chi connectivity index (χ1v) is 5.12. The van der Waals surface area contributed by atoms with E-state index in [0.717, 1.165) is 22.5 Å². The first-order chi connectivity index (χ1) is 7.63. The summed E-state index contributed by atoms with van der Waals surface area (Å²) in [6, 6.07) is 6.37. The second-order valence-corrected chi connectivity index (χ2v) is 3.75. The number of hydrogen-bond acceptors (Lipinski definition) is 2. The molecule has 84 valence electrons. The van der Waals surface area contributed by atoms with Gasteiger partial charge in [-0.2, -0.15) is 5.10 Å². The average molecular weight is 219 g/mol. The van der Waals surface area contributed by atoms with Gasteiger partial charge in [0.05, 0.1) is 11.4 Å². The van der Waals surface area contributed by atoms with E-state index in [1.54, 1.807) is 16.8 Å². The Morgan fingerprint density at radius 2 is 1.94 bits per heavy atom. The van der Waals surface area contributed by atoms with Crippen LogP contribution >= 0.6 is 0 Å². The first-order valence-electron chi connectivity index (χ1n) is 5.12. The molecule has 4 heteroatoms. The lowest BCUT2D eigenvalue weighted by atomic mass is 10.1. The number of benzene rings is 1. The van der Waals surface area contributed by atoms with Crippen molar-refractivity contribution in [1.29, 1.82) is 0 Å². The maximum atomic E-state index is 12.8. The first kappa shape index (κ1) is 10.8. The van der Waals surface area contributed by atoms with Crippen molar-refractivity contribution in [3.8, 4) is 11.3 Å². The molecule has 2 N–H and O–H groups in total. The monoisotopic (exact) mass is 219 g/mol. The lowest BCUT2D eigenvalue weighted by Crippen LogP contribution is -2.00. The molecule has 1 aromatic heterocycles. The van der Waals surface area contributed by atoms with Crippen molar-refractivity contribution in [2.24, 2.45) is 12.8 Å². The van der Waals surface area contributed by atoms with E-state index in [4.69, 9.17) is 5.73 Å². The van der Waals surface area contributed by atoms with Crippen LogP contribution in [-0.4, -0.2) is 9.78 Å². The molecule has 0 aliphatic carbocycles. The van der Waals surface area contributed by atoms with Crippen molar-refractivity contribution in [2.75, 3.05) is 0 Å². The summed E-state index contributed by atoms with van der Waals surface area (Å²) in [7, 11) is 1.87. The van der Waals surface area contributed by atoms with Gasteiger partial charge >= 0.3 is 0 Å². The quantitative estimate of drug-likeness (QED) is 0.839. The highest BCUT2D eigenvalue weighted by molar-refractivity contribution is 5.64. The maximum Gasteiger partial charge on any atom is 0.123 e. The third kappa shape index (κ3) is 1.72. The Labute approximate surface area is 93.7 Å². The summed E-state index contributed by atoms with van der Waals surface area (Å²) < 4.78 is 14.6. The number of aryl methyl sites for hydroxylation is 2. The molecule has 0 spiro atoms. The molecule has 0 fully saturated rings. The van der Waals surface area contributed by atoms with Gasteiger partial charge in [0, 0.05) is 24.7 Å². The number of rotatable bonds is 2. The van der Waals surface area contributed by atoms with Crippen LogP contribution < -0.4 is 5.73 Å². The Morgan fingerprint density at radius 1 is 1.31 bits per heavy atom. The third-order valence-corrected chi connectivity index (χ3v) is 2.67. The van der Waals surface area contributed by atoms with Crippen LogP contribution in [0.1, 0.15) is 11.3 Å². The van der Waals surface area contributed by atoms with Crippen LogP contribution in [0.4, 0.5) is 4.39 Å². The van der Waals surface area contributed by atoms with Gasteiger partial charge in [-0.1, -0.05) is 0 Å². The molecule has 0 atom stereocenters. The Morgan fingerprint density at radius 3 is 2.50 bits per heavy atom. The minimum Gasteiger partial charge on any atom is -0.326 e. The average Bonchev–Trinajstić information content (AvgIpc) is 2.54. The molecule has 0 saturated heterocycles. The lowest BCUT2D eigenvalue weighted by molar-refractivity contribution is 0.628. The van der Waals surface area contributed by atoms with Crippen molar-refractivity contribution in [2.45, 2.75) is 13.5 Å². The van der Waals surface area contributed by atoms with Crippen LogP contribution in [0.3, 0.4) is 0 Å². The minimum atomic E-state index is -0.239. The van der Waals surface area contributed by atoms with Crippen molar-refractivity contribution < 1.29 is 4.39 Å². The molecule has 2 aromatic rings. The van der Waals surface area contributed by atoms with Gasteiger partial charge in [-0.05, 0) is 31.2 Å². The van der Waals surface area contributed by atoms with E-state index in [9.17, 15) is 4.39 Å². The van der Waals surface area contributed by atoms with E-state index < -0.39 is 0 Å². The second-order valence-electron chi connectivity index (χ2n) is 3.75. The molecular formula is C12H14FN3. The van der Waals surface area contributed by atoms with E-state index in [1.807, 2.05) is 14.0 Å². The number of halogens is 1. The Bertz CT molecular complexity index is 500. The van der Waals surface area contributed by atoms with Crippen LogP contribution in [0.2, 0.25) is 0 Å². The van der Waals surface area contributed by atoms with Crippen molar-refractivity contribution in [3.63, 3.8) is 0 Å². The smallest absolute Gasteiger partial charge is 0.123 e. The predicted octanol–water partition coefficient (Wildman–Crippen LogP) is 1.99. The minimum absolute atomic E-state index is 0.239. The SMILES string of the molecule is Cc1nn(C)c(-c2ccc(F)cc2)c1CN. The Balaban J connectivity index is 2.59. The lowest BCUT2D eigenvalue weighted by Gasteiger charge is -2.05. The molecule has 1 aromatic carbocycles. The van der Waals surface area contributed by atoms with E-state index >= 15 is 0 Å². The van der Waals surface area contributed by atoms with Gasteiger partial charge in [-0.25, -0.2) is 4.39 Å². The van der Waals surface area contributed by atoms with Crippen LogP contribution in [0, 0.1) is 12.7 Å². The van der Waals surface area contributed by atoms with Gasteiger partial charge in [0.2, 0.25) is 0 Å². The summed E-state index contributed by atoms with van der Waals surface area (Å²) in [6.45, 7) is 2.36. The van der Waals surface area contributed by atoms with E-state index in [2.05, 4.69) is 5.10 Å². The van der Waals surface area contributed by atoms with Crippen LogP contribution in [0.5, 0.6) is 0 Å². The molecular weight excluding hydrogens is 205 g/mol. The summed E-state index contributed by atoms with van der Waals surface area (Å²) in [5.41, 5.74) is 9.53. The van der Waals surface area contributed by atoms with Gasteiger partial charge in [-0.15, -0.1) is 0 Å². The fourth-order valence-electron chi connectivity index (χ4n) is 1.92. The number of hydrogen-bond donors (Lipinski definition) is 1. The number of nitrogens with two attached hydrogens (primary N) is 1. The fourth-order valence-corrected chi connectivity index (χ4v) is 1.92. The van der Waals surface area contributed by atoms with Crippen LogP contribution in [0.15, 0.2) is 24.3 Å². The van der Waals surface area contributed by atoms with E-state index in [0.29, 0.717) is 6.54 Å². The highest BCUT2D eigenvalue weighted by atomic mass is 19.1. The van der Waals surface area contributed by atoms with Gasteiger partial charge in [0.15, 0.2) is 0 Å². The van der Waals surface area contributed by atoms with Gasteiger partial charge < -0.3 is 5.73 Å². The molecule has 0 amide bonds. The largest absolute Gasteiger partial charge is 0.326 e. The van der Waals surface area contributed by atoms with Crippen molar-refractivity contribution in [1.82, 2.24) is 9.78 Å². The highest BCUT2D eigenvalue weighted by Crippen LogP contribution is 2.25. The zero-order valence-electron chi connectivity index (χ0n) is 9.37. The molecule has 0 aliphatic rings. The van der Waals surface area contributed by atoms with Crippen molar-refractivity contribution in [3.05, 3.63) is 41.3 Å². The summed E-state index contributed by atoms with van der Waals surface area (Å²) in [5, 5.41) is 4.32. The summed E-state index contributed by atoms with van der Waals surface area (Å²) in [5.74, 6) is -0.239. The molecule has 0 radical (unpaired) electrons. The number of aromatic nitrogens is 2. The van der Waals surface area contributed by atoms with Crippen LogP contribution in [-0.2, 0) is 13.6 Å². The molecule has 1 heterocycles. The molecule has 16 heavy (non-hydrogen) atoms. The molecule has 2 rings (SSSR count). The van der Waals surface area contributed by atoms with Crippen LogP contribution in [0.25, 0.3) is 11.3 Å². The maximum absolute atomic E-state index is 12.8. The zero-order chi connectivity index (χ0) is 11.7.